The van der Waals surface area contributed by atoms with Crippen LogP contribution in [-0.4, -0.2) is 35.8 Å². The number of nitrogens with one attached hydrogen (secondary N) is 3. The number of thiophene rings is 1. The van der Waals surface area contributed by atoms with E-state index in [-0.39, 0.29) is 24.9 Å². The average molecular weight is 415 g/mol. The van der Waals surface area contributed by atoms with E-state index in [1.807, 2.05) is 24.4 Å². The number of hydrogen-bond acceptors (Lipinski definition) is 6. The summed E-state index contributed by atoms with van der Waals surface area (Å²) >= 11 is 2.87. The molecular weight excluding hydrogens is 396 g/mol. The van der Waals surface area contributed by atoms with E-state index in [9.17, 15) is 14.4 Å². The van der Waals surface area contributed by atoms with Crippen LogP contribution >= 0.6 is 22.7 Å². The lowest BCUT2D eigenvalue weighted by Crippen LogP contribution is -2.40. The lowest BCUT2D eigenvalue weighted by Gasteiger charge is -2.08. The molecule has 3 rings (SSSR count). The van der Waals surface area contributed by atoms with Crippen molar-refractivity contribution in [3.8, 4) is 11.3 Å². The smallest absolute Gasteiger partial charge is 0.261 e. The molecule has 0 saturated carbocycles. The number of anilines is 1. The van der Waals surface area contributed by atoms with Gasteiger partial charge in [-0.3, -0.25) is 14.4 Å². The summed E-state index contributed by atoms with van der Waals surface area (Å²) in [6.45, 7) is 1.58. The molecular formula is C19H18N4O3S2. The Morgan fingerprint density at radius 2 is 1.71 bits per heavy atom. The predicted octanol–water partition coefficient (Wildman–Crippen LogP) is 2.66. The quantitative estimate of drug-likeness (QED) is 0.553. The first-order chi connectivity index (χ1) is 13.5. The minimum absolute atomic E-state index is 0.180. The maximum Gasteiger partial charge on any atom is 0.261 e. The van der Waals surface area contributed by atoms with Gasteiger partial charge in [0.1, 0.15) is 0 Å². The Morgan fingerprint density at radius 3 is 2.36 bits per heavy atom. The van der Waals surface area contributed by atoms with E-state index in [2.05, 4.69) is 20.9 Å². The third kappa shape index (κ3) is 5.48. The number of hydrogen-bond donors (Lipinski definition) is 3. The van der Waals surface area contributed by atoms with Crippen LogP contribution in [0.1, 0.15) is 14.7 Å². The minimum atomic E-state index is -0.436. The Bertz CT molecular complexity index is 965. The maximum absolute atomic E-state index is 12.0. The lowest BCUT2D eigenvalue weighted by molar-refractivity contribution is -0.123. The zero-order chi connectivity index (χ0) is 19.9. The fourth-order valence-corrected chi connectivity index (χ4v) is 3.58. The summed E-state index contributed by atoms with van der Waals surface area (Å²) in [5, 5.41) is 12.4. The molecule has 0 spiro atoms. The van der Waals surface area contributed by atoms with Gasteiger partial charge < -0.3 is 16.0 Å². The van der Waals surface area contributed by atoms with E-state index in [0.29, 0.717) is 10.6 Å². The first-order valence-corrected chi connectivity index (χ1v) is 10.2. The van der Waals surface area contributed by atoms with E-state index in [4.69, 9.17) is 0 Å². The highest BCUT2D eigenvalue weighted by Crippen LogP contribution is 2.23. The Hall–Kier alpha value is -3.04. The zero-order valence-electron chi connectivity index (χ0n) is 15.0. The molecule has 0 atom stereocenters. The molecule has 3 amide bonds. The molecule has 7 nitrogen and oxygen atoms in total. The second-order valence-electron chi connectivity index (χ2n) is 5.81. The summed E-state index contributed by atoms with van der Waals surface area (Å²) in [7, 11) is 0. The van der Waals surface area contributed by atoms with Crippen LogP contribution in [0, 0.1) is 6.92 Å². The van der Waals surface area contributed by atoms with Gasteiger partial charge in [0.25, 0.3) is 5.91 Å². The number of carbonyl (C=O) groups is 3. The first kappa shape index (κ1) is 19.7. The molecule has 0 saturated heterocycles. The summed E-state index contributed by atoms with van der Waals surface area (Å²) in [4.78, 5) is 40.5. The van der Waals surface area contributed by atoms with Crippen molar-refractivity contribution < 1.29 is 14.4 Å². The van der Waals surface area contributed by atoms with Crippen molar-refractivity contribution in [3.05, 3.63) is 57.0 Å². The average Bonchev–Trinajstić information content (AvgIpc) is 3.37. The second kappa shape index (κ2) is 9.25. The number of benzene rings is 1. The van der Waals surface area contributed by atoms with Crippen molar-refractivity contribution >= 4 is 46.1 Å². The predicted molar refractivity (Wildman–Crippen MR) is 111 cm³/mol. The number of thiazole rings is 1. The Kier molecular flexibility index (Phi) is 6.51. The van der Waals surface area contributed by atoms with E-state index in [1.165, 1.54) is 11.3 Å². The molecule has 2 heterocycles. The van der Waals surface area contributed by atoms with E-state index in [0.717, 1.165) is 16.3 Å². The van der Waals surface area contributed by atoms with Crippen LogP contribution in [0.3, 0.4) is 0 Å². The number of aromatic nitrogens is 1. The molecule has 0 aliphatic heterocycles. The molecule has 28 heavy (non-hydrogen) atoms. The van der Waals surface area contributed by atoms with E-state index < -0.39 is 5.91 Å². The number of rotatable bonds is 7. The SMILES string of the molecule is Cc1nc(-c2ccc(NC(=O)CNC(=O)CNC(=O)c3cccs3)cc2)cs1. The molecule has 0 aliphatic carbocycles. The second-order valence-corrected chi connectivity index (χ2v) is 7.82. The molecule has 0 bridgehead atoms. The molecule has 3 N–H and O–H groups in total. The van der Waals surface area contributed by atoms with Crippen molar-refractivity contribution in [2.75, 3.05) is 18.4 Å². The summed E-state index contributed by atoms with van der Waals surface area (Å²) in [6, 6.07) is 10.8. The van der Waals surface area contributed by atoms with E-state index >= 15 is 0 Å². The number of aryl methyl sites for hydroxylation is 1. The van der Waals surface area contributed by atoms with Crippen LogP contribution in [-0.2, 0) is 9.59 Å². The van der Waals surface area contributed by atoms with Crippen molar-refractivity contribution in [1.82, 2.24) is 15.6 Å². The van der Waals surface area contributed by atoms with Crippen molar-refractivity contribution in [2.45, 2.75) is 6.92 Å². The molecule has 3 aromatic rings. The van der Waals surface area contributed by atoms with E-state index in [1.54, 1.807) is 41.0 Å². The zero-order valence-corrected chi connectivity index (χ0v) is 16.7. The highest BCUT2D eigenvalue weighted by atomic mass is 32.1. The summed E-state index contributed by atoms with van der Waals surface area (Å²) in [6.07, 6.45) is 0. The van der Waals surface area contributed by atoms with Gasteiger partial charge in [-0.25, -0.2) is 4.98 Å². The van der Waals surface area contributed by atoms with Crippen molar-refractivity contribution in [2.24, 2.45) is 0 Å². The number of nitrogens with zero attached hydrogens (tertiary/aromatic N) is 1. The van der Waals surface area contributed by atoms with Gasteiger partial charge in [-0.15, -0.1) is 22.7 Å². The Labute approximate surface area is 169 Å². The van der Waals surface area contributed by atoms with Gasteiger partial charge in [0.05, 0.1) is 28.7 Å². The molecule has 2 aromatic heterocycles. The third-order valence-corrected chi connectivity index (χ3v) is 5.33. The van der Waals surface area contributed by atoms with Crippen molar-refractivity contribution in [1.29, 1.82) is 0 Å². The van der Waals surface area contributed by atoms with Crippen LogP contribution < -0.4 is 16.0 Å². The number of carbonyl (C=O) groups excluding carboxylic acids is 3. The summed E-state index contributed by atoms with van der Waals surface area (Å²) in [5.74, 6) is -1.10. The Morgan fingerprint density at radius 1 is 0.964 bits per heavy atom. The third-order valence-electron chi connectivity index (χ3n) is 3.68. The largest absolute Gasteiger partial charge is 0.345 e. The normalized spacial score (nSPS) is 10.3. The highest BCUT2D eigenvalue weighted by molar-refractivity contribution is 7.12. The lowest BCUT2D eigenvalue weighted by atomic mass is 10.1. The van der Waals surface area contributed by atoms with Gasteiger partial charge in [-0.2, -0.15) is 0 Å². The van der Waals surface area contributed by atoms with Crippen LogP contribution in [0.15, 0.2) is 47.2 Å². The standard InChI is InChI=1S/C19H18N4O3S2/c1-12-22-15(11-28-12)13-4-6-14(7-5-13)23-18(25)10-20-17(24)9-21-19(26)16-3-2-8-27-16/h2-8,11H,9-10H2,1H3,(H,20,24)(H,21,26)(H,23,25). The molecule has 9 heteroatoms. The number of amides is 3. The van der Waals surface area contributed by atoms with Crippen molar-refractivity contribution in [3.63, 3.8) is 0 Å². The van der Waals surface area contributed by atoms with Gasteiger partial charge in [0.15, 0.2) is 0 Å². The Balaban J connectivity index is 1.41. The molecule has 0 aliphatic rings. The first-order valence-electron chi connectivity index (χ1n) is 8.42. The van der Waals surface area contributed by atoms with Gasteiger partial charge in [-0.1, -0.05) is 18.2 Å². The van der Waals surface area contributed by atoms with Gasteiger partial charge in [0, 0.05) is 16.6 Å². The monoisotopic (exact) mass is 414 g/mol. The molecule has 1 aromatic carbocycles. The fourth-order valence-electron chi connectivity index (χ4n) is 2.32. The topological polar surface area (TPSA) is 100 Å². The highest BCUT2D eigenvalue weighted by Gasteiger charge is 2.10. The van der Waals surface area contributed by atoms with Gasteiger partial charge in [-0.05, 0) is 30.5 Å². The fraction of sp³-hybridized carbons (Fsp3) is 0.158. The molecule has 0 fully saturated rings. The minimum Gasteiger partial charge on any atom is -0.345 e. The van der Waals surface area contributed by atoms with Crippen LogP contribution in [0.5, 0.6) is 0 Å². The van der Waals surface area contributed by atoms with Gasteiger partial charge >= 0.3 is 0 Å². The van der Waals surface area contributed by atoms with Crippen LogP contribution in [0.25, 0.3) is 11.3 Å². The molecule has 144 valence electrons. The maximum atomic E-state index is 12.0. The van der Waals surface area contributed by atoms with Gasteiger partial charge in [0.2, 0.25) is 11.8 Å². The molecule has 0 unspecified atom stereocenters. The summed E-state index contributed by atoms with van der Waals surface area (Å²) < 4.78 is 0. The van der Waals surface area contributed by atoms with Crippen LogP contribution in [0.4, 0.5) is 5.69 Å². The van der Waals surface area contributed by atoms with Crippen LogP contribution in [0.2, 0.25) is 0 Å². The molecule has 0 radical (unpaired) electrons. The summed E-state index contributed by atoms with van der Waals surface area (Å²) in [5.41, 5.74) is 2.50.